The lowest BCUT2D eigenvalue weighted by Crippen LogP contribution is -2.02. The third-order valence-electron chi connectivity index (χ3n) is 4.16. The van der Waals surface area contributed by atoms with Crippen LogP contribution < -0.4 is 4.74 Å². The molecule has 0 saturated heterocycles. The number of benzene rings is 2. The first-order valence-electron chi connectivity index (χ1n) is 7.91. The van der Waals surface area contributed by atoms with Crippen LogP contribution in [0.4, 0.5) is 0 Å². The fourth-order valence-electron chi connectivity index (χ4n) is 2.82. The van der Waals surface area contributed by atoms with Gasteiger partial charge in [0, 0.05) is 21.5 Å². The number of carbonyl (C=O) groups excluding carboxylic acids is 1. The summed E-state index contributed by atoms with van der Waals surface area (Å²) in [7, 11) is 1.58. The van der Waals surface area contributed by atoms with Gasteiger partial charge in [0.1, 0.15) is 22.8 Å². The number of hydrogen-bond donors (Lipinski definition) is 0. The Bertz CT molecular complexity index is 1110. The topological polar surface area (TPSA) is 65.5 Å². The molecule has 26 heavy (non-hydrogen) atoms. The average Bonchev–Trinajstić information content (AvgIpc) is 3.24. The predicted molar refractivity (Wildman–Crippen MR) is 101 cm³/mol. The summed E-state index contributed by atoms with van der Waals surface area (Å²) in [4.78, 5) is 13.1. The number of aryl methyl sites for hydroxylation is 1. The van der Waals surface area contributed by atoms with E-state index >= 15 is 0 Å². The fraction of sp³-hybridized carbons (Fsp3) is 0.100. The normalized spacial score (nSPS) is 11.0. The number of fused-ring (bicyclic) bond motifs is 1. The molecular weight excluding hydrogens is 398 g/mol. The lowest BCUT2D eigenvalue weighted by Gasteiger charge is -2.01. The Morgan fingerprint density at radius 2 is 1.88 bits per heavy atom. The SMILES string of the molecule is COc1ccc2cc(C(=O)c3c(-c4ccc(Br)cc4)noc3C)oc2c1. The molecule has 0 radical (unpaired) electrons. The van der Waals surface area contributed by atoms with Crippen molar-refractivity contribution in [3.63, 3.8) is 0 Å². The van der Waals surface area contributed by atoms with Gasteiger partial charge in [-0.2, -0.15) is 0 Å². The summed E-state index contributed by atoms with van der Waals surface area (Å²) in [6.07, 6.45) is 0. The van der Waals surface area contributed by atoms with E-state index in [-0.39, 0.29) is 11.5 Å². The Balaban J connectivity index is 1.79. The van der Waals surface area contributed by atoms with Gasteiger partial charge in [-0.05, 0) is 37.3 Å². The zero-order chi connectivity index (χ0) is 18.3. The number of methoxy groups -OCH3 is 1. The standard InChI is InChI=1S/C20H14BrNO4/c1-11-18(19(22-26-11)12-3-6-14(21)7-4-12)20(23)17-9-13-5-8-15(24-2)10-16(13)25-17/h3-10H,1-2H3. The van der Waals surface area contributed by atoms with Crippen LogP contribution in [0.3, 0.4) is 0 Å². The third-order valence-corrected chi connectivity index (χ3v) is 4.69. The second-order valence-electron chi connectivity index (χ2n) is 5.81. The van der Waals surface area contributed by atoms with Gasteiger partial charge in [0.15, 0.2) is 5.76 Å². The molecule has 4 aromatic rings. The van der Waals surface area contributed by atoms with Crippen molar-refractivity contribution in [2.45, 2.75) is 6.92 Å². The third kappa shape index (κ3) is 2.82. The van der Waals surface area contributed by atoms with E-state index in [9.17, 15) is 4.79 Å². The number of carbonyl (C=O) groups is 1. The Hall–Kier alpha value is -2.86. The zero-order valence-electron chi connectivity index (χ0n) is 14.1. The molecular formula is C20H14BrNO4. The first-order chi connectivity index (χ1) is 12.6. The summed E-state index contributed by atoms with van der Waals surface area (Å²) < 4.78 is 17.2. The molecule has 4 rings (SSSR count). The van der Waals surface area contributed by atoms with Gasteiger partial charge in [0.25, 0.3) is 0 Å². The number of aromatic nitrogens is 1. The lowest BCUT2D eigenvalue weighted by atomic mass is 10.0. The smallest absolute Gasteiger partial charge is 0.234 e. The van der Waals surface area contributed by atoms with Crippen molar-refractivity contribution < 1.29 is 18.5 Å². The van der Waals surface area contributed by atoms with Gasteiger partial charge in [-0.1, -0.05) is 33.2 Å². The van der Waals surface area contributed by atoms with Crippen molar-refractivity contribution >= 4 is 32.7 Å². The Labute approximate surface area is 157 Å². The van der Waals surface area contributed by atoms with Crippen LogP contribution in [0.5, 0.6) is 5.75 Å². The van der Waals surface area contributed by atoms with E-state index in [4.69, 9.17) is 13.7 Å². The molecule has 0 spiro atoms. The zero-order valence-corrected chi connectivity index (χ0v) is 15.7. The highest BCUT2D eigenvalue weighted by molar-refractivity contribution is 9.10. The van der Waals surface area contributed by atoms with Crippen molar-refractivity contribution in [2.24, 2.45) is 0 Å². The highest BCUT2D eigenvalue weighted by Crippen LogP contribution is 2.31. The second-order valence-corrected chi connectivity index (χ2v) is 6.73. The molecule has 0 saturated carbocycles. The summed E-state index contributed by atoms with van der Waals surface area (Å²) in [5, 5.41) is 4.90. The summed E-state index contributed by atoms with van der Waals surface area (Å²) >= 11 is 3.40. The van der Waals surface area contributed by atoms with Crippen molar-refractivity contribution in [2.75, 3.05) is 7.11 Å². The summed E-state index contributed by atoms with van der Waals surface area (Å²) in [6, 6.07) is 14.7. The molecule has 0 aliphatic heterocycles. The number of halogens is 1. The number of furan rings is 1. The van der Waals surface area contributed by atoms with Crippen molar-refractivity contribution in [3.8, 4) is 17.0 Å². The van der Waals surface area contributed by atoms with Gasteiger partial charge in [-0.15, -0.1) is 0 Å². The van der Waals surface area contributed by atoms with E-state index in [0.717, 1.165) is 15.4 Å². The number of ketones is 1. The monoisotopic (exact) mass is 411 g/mol. The molecule has 2 heterocycles. The fourth-order valence-corrected chi connectivity index (χ4v) is 3.08. The number of nitrogens with zero attached hydrogens (tertiary/aromatic N) is 1. The van der Waals surface area contributed by atoms with Gasteiger partial charge in [0.05, 0.1) is 12.7 Å². The van der Waals surface area contributed by atoms with E-state index < -0.39 is 0 Å². The highest BCUT2D eigenvalue weighted by Gasteiger charge is 2.25. The van der Waals surface area contributed by atoms with Crippen LogP contribution in [-0.2, 0) is 0 Å². The molecule has 6 heteroatoms. The first kappa shape index (κ1) is 16.6. The van der Waals surface area contributed by atoms with E-state index in [1.807, 2.05) is 36.4 Å². The summed E-state index contributed by atoms with van der Waals surface area (Å²) in [5.41, 5.74) is 2.29. The minimum Gasteiger partial charge on any atom is -0.497 e. The Kier molecular flexibility index (Phi) is 4.12. The average molecular weight is 412 g/mol. The molecule has 0 fully saturated rings. The molecule has 0 atom stereocenters. The molecule has 5 nitrogen and oxygen atoms in total. The van der Waals surface area contributed by atoms with E-state index in [0.29, 0.717) is 28.4 Å². The van der Waals surface area contributed by atoms with Gasteiger partial charge < -0.3 is 13.7 Å². The van der Waals surface area contributed by atoms with E-state index in [1.165, 1.54) is 0 Å². The molecule has 2 aromatic carbocycles. The van der Waals surface area contributed by atoms with Gasteiger partial charge in [-0.25, -0.2) is 0 Å². The van der Waals surface area contributed by atoms with Gasteiger partial charge >= 0.3 is 0 Å². The number of ether oxygens (including phenoxy) is 1. The molecule has 0 N–H and O–H groups in total. The van der Waals surface area contributed by atoms with Crippen LogP contribution >= 0.6 is 15.9 Å². The molecule has 0 aliphatic rings. The number of rotatable bonds is 4. The molecule has 0 bridgehead atoms. The maximum Gasteiger partial charge on any atom is 0.234 e. The van der Waals surface area contributed by atoms with Gasteiger partial charge in [0.2, 0.25) is 5.78 Å². The molecule has 2 aromatic heterocycles. The molecule has 0 amide bonds. The lowest BCUT2D eigenvalue weighted by molar-refractivity contribution is 0.101. The minimum atomic E-state index is -0.267. The van der Waals surface area contributed by atoms with Crippen LogP contribution in [0.25, 0.3) is 22.2 Å². The van der Waals surface area contributed by atoms with Crippen LogP contribution in [0.2, 0.25) is 0 Å². The van der Waals surface area contributed by atoms with Crippen LogP contribution in [0, 0.1) is 6.92 Å². The summed E-state index contributed by atoms with van der Waals surface area (Å²) in [5.74, 6) is 1.09. The first-order valence-corrected chi connectivity index (χ1v) is 8.70. The largest absolute Gasteiger partial charge is 0.497 e. The predicted octanol–water partition coefficient (Wildman–Crippen LogP) is 5.40. The molecule has 0 unspecified atom stereocenters. The maximum atomic E-state index is 13.1. The van der Waals surface area contributed by atoms with E-state index in [1.54, 1.807) is 26.2 Å². The molecule has 130 valence electrons. The van der Waals surface area contributed by atoms with Crippen molar-refractivity contribution in [1.29, 1.82) is 0 Å². The van der Waals surface area contributed by atoms with Crippen LogP contribution in [0.1, 0.15) is 21.9 Å². The van der Waals surface area contributed by atoms with E-state index in [2.05, 4.69) is 21.1 Å². The van der Waals surface area contributed by atoms with Crippen molar-refractivity contribution in [3.05, 3.63) is 70.1 Å². The number of hydrogen-bond acceptors (Lipinski definition) is 5. The maximum absolute atomic E-state index is 13.1. The Morgan fingerprint density at radius 1 is 1.12 bits per heavy atom. The van der Waals surface area contributed by atoms with Crippen molar-refractivity contribution in [1.82, 2.24) is 5.16 Å². The quantitative estimate of drug-likeness (QED) is 0.420. The van der Waals surface area contributed by atoms with Crippen LogP contribution in [0.15, 0.2) is 61.9 Å². The highest BCUT2D eigenvalue weighted by atomic mass is 79.9. The molecule has 0 aliphatic carbocycles. The Morgan fingerprint density at radius 3 is 2.62 bits per heavy atom. The van der Waals surface area contributed by atoms with Gasteiger partial charge in [-0.3, -0.25) is 4.79 Å². The second kappa shape index (κ2) is 6.46. The minimum absolute atomic E-state index is 0.234. The van der Waals surface area contributed by atoms with Crippen LogP contribution in [-0.4, -0.2) is 18.0 Å². The summed E-state index contributed by atoms with van der Waals surface area (Å²) in [6.45, 7) is 1.72.